The number of anilines is 1. The highest BCUT2D eigenvalue weighted by Crippen LogP contribution is 2.55. The minimum atomic E-state index is -5.55. The van der Waals surface area contributed by atoms with Crippen molar-refractivity contribution in [2.24, 2.45) is 0 Å². The number of phosphoric ester groups is 1. The number of nitrogens with one attached hydrogen (secondary N) is 1. The minimum Gasteiger partial charge on any atom is -0.756 e. The quantitative estimate of drug-likeness (QED) is 0.272. The van der Waals surface area contributed by atoms with E-state index in [-0.39, 0.29) is 17.1 Å². The number of imidazole rings is 1. The number of nitrogen functional groups attached to an aromatic ring is 1. The Morgan fingerprint density at radius 2 is 2.14 bits per heavy atom. The molecule has 0 saturated carbocycles. The van der Waals surface area contributed by atoms with E-state index in [1.807, 2.05) is 0 Å². The van der Waals surface area contributed by atoms with Crippen molar-refractivity contribution in [3.63, 3.8) is 0 Å². The number of fused-ring (bicyclic) bond motifs is 1. The van der Waals surface area contributed by atoms with Gasteiger partial charge in [0.15, 0.2) is 17.4 Å². The molecule has 1 saturated heterocycles. The van der Waals surface area contributed by atoms with Gasteiger partial charge in [0.1, 0.15) is 18.3 Å². The van der Waals surface area contributed by atoms with Crippen LogP contribution in [0.15, 0.2) is 11.1 Å². The Morgan fingerprint density at radius 3 is 2.76 bits per heavy atom. The van der Waals surface area contributed by atoms with Crippen LogP contribution < -0.4 is 16.2 Å². The van der Waals surface area contributed by atoms with Crippen molar-refractivity contribution < 1.29 is 47.2 Å². The standard InChI is InChI=1S/C11H17N5O11P2/c1-24-7-4(2-25-29(22,23)27-28(19,20)21)26-10(6(7)17)16-3-13-5-8(16)14-11(12)15-9(5)18/h3-4,6-7,10,17H,2H2,1H3,(H,22,23)(H2,19,20,21)(H3,12,14,15,18)/p-1/t4-,6?,7+,10-/m1/s1. The summed E-state index contributed by atoms with van der Waals surface area (Å²) >= 11 is 0. The Balaban J connectivity index is 1.83. The number of nitrogens with two attached hydrogens (primary N) is 1. The van der Waals surface area contributed by atoms with Crippen molar-refractivity contribution in [3.05, 3.63) is 16.7 Å². The monoisotopic (exact) mass is 456 g/mol. The zero-order chi connectivity index (χ0) is 21.6. The summed E-state index contributed by atoms with van der Waals surface area (Å²) in [5.41, 5.74) is 4.81. The summed E-state index contributed by atoms with van der Waals surface area (Å²) < 4.78 is 42.1. The van der Waals surface area contributed by atoms with Crippen molar-refractivity contribution in [1.82, 2.24) is 19.5 Å². The summed E-state index contributed by atoms with van der Waals surface area (Å²) in [4.78, 5) is 50.4. The molecule has 0 radical (unpaired) electrons. The molecule has 0 aromatic carbocycles. The second-order valence-corrected chi connectivity index (χ2v) is 8.63. The number of ether oxygens (including phenoxy) is 2. The van der Waals surface area contributed by atoms with Gasteiger partial charge in [-0.1, -0.05) is 0 Å². The Labute approximate surface area is 161 Å². The van der Waals surface area contributed by atoms with Gasteiger partial charge in [0, 0.05) is 7.11 Å². The van der Waals surface area contributed by atoms with Gasteiger partial charge < -0.3 is 35.0 Å². The highest BCUT2D eigenvalue weighted by molar-refractivity contribution is 7.60. The number of methoxy groups -OCH3 is 1. The number of aliphatic hydroxyl groups excluding tert-OH is 1. The zero-order valence-electron chi connectivity index (χ0n) is 14.5. The first-order chi connectivity index (χ1) is 13.4. The minimum absolute atomic E-state index is 0.00421. The summed E-state index contributed by atoms with van der Waals surface area (Å²) in [5, 5.41) is 10.5. The van der Waals surface area contributed by atoms with Crippen LogP contribution in [-0.4, -0.2) is 66.4 Å². The number of nitrogens with zero attached hydrogens (tertiary/aromatic N) is 3. The number of hydrogen-bond acceptors (Lipinski definition) is 12. The van der Waals surface area contributed by atoms with E-state index in [1.165, 1.54) is 11.7 Å². The van der Waals surface area contributed by atoms with Crippen LogP contribution >= 0.6 is 15.6 Å². The smallest absolute Gasteiger partial charge is 0.478 e. The Kier molecular flexibility index (Phi) is 5.95. The van der Waals surface area contributed by atoms with Crippen LogP contribution in [0.5, 0.6) is 0 Å². The molecule has 29 heavy (non-hydrogen) atoms. The fourth-order valence-electron chi connectivity index (χ4n) is 2.83. The lowest BCUT2D eigenvalue weighted by atomic mass is 10.1. The maximum Gasteiger partial charge on any atom is 0.478 e. The molecule has 3 unspecified atom stereocenters. The van der Waals surface area contributed by atoms with Gasteiger partial charge >= 0.3 is 7.82 Å². The predicted octanol–water partition coefficient (Wildman–Crippen LogP) is -2.43. The second kappa shape index (κ2) is 7.85. The highest BCUT2D eigenvalue weighted by Gasteiger charge is 2.46. The van der Waals surface area contributed by atoms with Crippen molar-refractivity contribution >= 4 is 32.8 Å². The van der Waals surface area contributed by atoms with Crippen LogP contribution in [-0.2, 0) is 27.4 Å². The van der Waals surface area contributed by atoms with E-state index in [9.17, 15) is 28.8 Å². The molecule has 3 heterocycles. The van der Waals surface area contributed by atoms with Crippen LogP contribution in [0.1, 0.15) is 6.23 Å². The Morgan fingerprint density at radius 1 is 1.45 bits per heavy atom. The molecule has 1 aliphatic heterocycles. The topological polar surface area (TPSA) is 244 Å². The molecule has 16 nitrogen and oxygen atoms in total. The molecule has 0 bridgehead atoms. The molecule has 2 aromatic rings. The van der Waals surface area contributed by atoms with Gasteiger partial charge in [-0.2, -0.15) is 4.98 Å². The molecule has 0 aliphatic carbocycles. The van der Waals surface area contributed by atoms with Gasteiger partial charge in [-0.05, 0) is 0 Å². The van der Waals surface area contributed by atoms with E-state index < -0.39 is 52.4 Å². The number of phosphoric acid groups is 2. The van der Waals surface area contributed by atoms with E-state index in [1.54, 1.807) is 0 Å². The van der Waals surface area contributed by atoms with Crippen LogP contribution in [0.2, 0.25) is 0 Å². The molecule has 162 valence electrons. The Hall–Kier alpha value is -1.71. The average Bonchev–Trinajstić information content (AvgIpc) is 3.11. The molecule has 6 atom stereocenters. The van der Waals surface area contributed by atoms with Gasteiger partial charge in [-0.3, -0.25) is 23.4 Å². The molecule has 3 rings (SSSR count). The summed E-state index contributed by atoms with van der Waals surface area (Å²) in [5.74, 6) is -0.204. The average molecular weight is 456 g/mol. The molecule has 6 N–H and O–H groups in total. The molecule has 1 aliphatic rings. The maximum atomic E-state index is 11.9. The first-order valence-electron chi connectivity index (χ1n) is 7.73. The second-order valence-electron chi connectivity index (χ2n) is 5.85. The molecule has 0 amide bonds. The lowest BCUT2D eigenvalue weighted by Gasteiger charge is -2.22. The van der Waals surface area contributed by atoms with E-state index in [0.29, 0.717) is 0 Å². The molecule has 0 spiro atoms. The van der Waals surface area contributed by atoms with E-state index in [2.05, 4.69) is 23.8 Å². The predicted molar refractivity (Wildman–Crippen MR) is 90.0 cm³/mol. The highest BCUT2D eigenvalue weighted by atomic mass is 31.3. The van der Waals surface area contributed by atoms with Crippen molar-refractivity contribution in [2.45, 2.75) is 24.5 Å². The fourth-order valence-corrected chi connectivity index (χ4v) is 4.39. The third kappa shape index (κ3) is 4.73. The van der Waals surface area contributed by atoms with Gasteiger partial charge in [0.25, 0.3) is 13.4 Å². The van der Waals surface area contributed by atoms with E-state index in [4.69, 9.17) is 20.1 Å². The van der Waals surface area contributed by atoms with Gasteiger partial charge in [-0.15, -0.1) is 0 Å². The summed E-state index contributed by atoms with van der Waals surface area (Å²) in [7, 11) is -9.52. The molecular formula is C11H16N5O11P2-. The number of rotatable bonds is 7. The number of aromatic amines is 1. The number of hydrogen-bond donors (Lipinski definition) is 5. The van der Waals surface area contributed by atoms with E-state index >= 15 is 0 Å². The molecule has 1 fully saturated rings. The van der Waals surface area contributed by atoms with Crippen molar-refractivity contribution in [2.75, 3.05) is 19.5 Å². The normalized spacial score (nSPS) is 29.0. The van der Waals surface area contributed by atoms with Crippen LogP contribution in [0.3, 0.4) is 0 Å². The van der Waals surface area contributed by atoms with Gasteiger partial charge in [0.05, 0.1) is 12.9 Å². The molecular weight excluding hydrogens is 440 g/mol. The third-order valence-corrected chi connectivity index (χ3v) is 6.04. The van der Waals surface area contributed by atoms with Gasteiger partial charge in [0.2, 0.25) is 5.95 Å². The number of H-pyrrole nitrogens is 1. The van der Waals surface area contributed by atoms with Crippen molar-refractivity contribution in [1.29, 1.82) is 0 Å². The lowest BCUT2D eigenvalue weighted by Crippen LogP contribution is -2.35. The number of aromatic nitrogens is 4. The first kappa shape index (κ1) is 22.0. The summed E-state index contributed by atoms with van der Waals surface area (Å²) in [6, 6.07) is 0. The van der Waals surface area contributed by atoms with E-state index in [0.717, 1.165) is 6.33 Å². The van der Waals surface area contributed by atoms with Crippen molar-refractivity contribution in [3.8, 4) is 0 Å². The van der Waals surface area contributed by atoms with Crippen LogP contribution in [0.4, 0.5) is 5.95 Å². The van der Waals surface area contributed by atoms with Gasteiger partial charge in [-0.25, -0.2) is 13.9 Å². The first-order valence-corrected chi connectivity index (χ1v) is 10.7. The molecule has 18 heteroatoms. The van der Waals surface area contributed by atoms with Crippen LogP contribution in [0, 0.1) is 0 Å². The molecule has 2 aromatic heterocycles. The SMILES string of the molecule is CO[C@@H]1C(O)[C@H](n2cnc3c(=O)[nH]c(N)nc32)O[C@@H]1COP(=O)(O)OP(=O)([O-])O. The Bertz CT molecular complexity index is 1050. The summed E-state index contributed by atoms with van der Waals surface area (Å²) in [6.07, 6.45) is -3.73. The third-order valence-electron chi connectivity index (χ3n) is 3.91. The lowest BCUT2D eigenvalue weighted by molar-refractivity contribution is -0.212. The fraction of sp³-hybridized carbons (Fsp3) is 0.545. The largest absolute Gasteiger partial charge is 0.756 e. The van der Waals surface area contributed by atoms with Crippen LogP contribution in [0.25, 0.3) is 11.2 Å². The number of aliphatic hydroxyl groups is 1. The zero-order valence-corrected chi connectivity index (χ0v) is 16.3. The maximum absolute atomic E-state index is 11.9. The summed E-state index contributed by atoms with van der Waals surface area (Å²) in [6.45, 7) is -0.761.